The number of carboxylic acid groups (broad SMARTS) is 1. The Bertz CT molecular complexity index is 654. The van der Waals surface area contributed by atoms with Gasteiger partial charge in [-0.05, 0) is 37.1 Å². The molecule has 4 nitrogen and oxygen atoms in total. The Morgan fingerprint density at radius 2 is 1.91 bits per heavy atom. The van der Waals surface area contributed by atoms with E-state index in [4.69, 9.17) is 9.52 Å². The van der Waals surface area contributed by atoms with Crippen LogP contribution in [0, 0.1) is 0 Å². The molecule has 1 aliphatic carbocycles. The van der Waals surface area contributed by atoms with Gasteiger partial charge in [-0.15, -0.1) is 0 Å². The van der Waals surface area contributed by atoms with E-state index in [0.717, 1.165) is 17.9 Å². The number of furan rings is 1. The maximum Gasteiger partial charge on any atom is 0.335 e. The molecule has 0 unspecified atom stereocenters. The van der Waals surface area contributed by atoms with Crippen LogP contribution >= 0.6 is 0 Å². The van der Waals surface area contributed by atoms with Gasteiger partial charge >= 0.3 is 5.97 Å². The summed E-state index contributed by atoms with van der Waals surface area (Å²) in [6, 6.07) is 11.3. The van der Waals surface area contributed by atoms with Crippen molar-refractivity contribution in [1.29, 1.82) is 0 Å². The zero-order chi connectivity index (χ0) is 16.1. The lowest BCUT2D eigenvalue weighted by Gasteiger charge is -2.14. The molecule has 0 amide bonds. The van der Waals surface area contributed by atoms with Gasteiger partial charge in [0, 0.05) is 11.6 Å². The van der Waals surface area contributed by atoms with E-state index < -0.39 is 5.97 Å². The van der Waals surface area contributed by atoms with Gasteiger partial charge in [0.15, 0.2) is 0 Å². The second-order valence-corrected chi connectivity index (χ2v) is 6.22. The van der Waals surface area contributed by atoms with Gasteiger partial charge in [-0.2, -0.15) is 0 Å². The highest BCUT2D eigenvalue weighted by Crippen LogP contribution is 2.24. The Morgan fingerprint density at radius 3 is 2.65 bits per heavy atom. The SMILES string of the molecule is O=C(O)c1cccc(-c2ccc(CNC3CCCCCC3)o2)c1. The van der Waals surface area contributed by atoms with Crippen molar-refractivity contribution in [3.63, 3.8) is 0 Å². The van der Waals surface area contributed by atoms with E-state index in [-0.39, 0.29) is 5.56 Å². The topological polar surface area (TPSA) is 62.5 Å². The van der Waals surface area contributed by atoms with Crippen LogP contribution in [0.5, 0.6) is 0 Å². The molecule has 0 aliphatic heterocycles. The molecular weight excluding hydrogens is 290 g/mol. The predicted molar refractivity (Wildman–Crippen MR) is 89.4 cm³/mol. The third kappa shape index (κ3) is 4.23. The molecule has 1 aliphatic rings. The minimum Gasteiger partial charge on any atom is -0.478 e. The van der Waals surface area contributed by atoms with Crippen LogP contribution in [0.4, 0.5) is 0 Å². The van der Waals surface area contributed by atoms with E-state index in [1.165, 1.54) is 38.5 Å². The Labute approximate surface area is 136 Å². The number of aromatic carboxylic acids is 1. The van der Waals surface area contributed by atoms with Gasteiger partial charge < -0.3 is 14.8 Å². The van der Waals surface area contributed by atoms with Crippen LogP contribution in [-0.4, -0.2) is 17.1 Å². The number of rotatable bonds is 5. The molecule has 0 spiro atoms. The fourth-order valence-electron chi connectivity index (χ4n) is 3.16. The first-order chi connectivity index (χ1) is 11.2. The number of benzene rings is 1. The summed E-state index contributed by atoms with van der Waals surface area (Å²) in [4.78, 5) is 11.1. The highest BCUT2D eigenvalue weighted by Gasteiger charge is 2.13. The molecule has 1 saturated carbocycles. The lowest BCUT2D eigenvalue weighted by Crippen LogP contribution is -2.27. The third-order valence-electron chi connectivity index (χ3n) is 4.48. The van der Waals surface area contributed by atoms with Gasteiger partial charge in [-0.1, -0.05) is 37.8 Å². The van der Waals surface area contributed by atoms with Gasteiger partial charge in [0.1, 0.15) is 11.5 Å². The number of hydrogen-bond donors (Lipinski definition) is 2. The van der Waals surface area contributed by atoms with Crippen molar-refractivity contribution >= 4 is 5.97 Å². The summed E-state index contributed by atoms with van der Waals surface area (Å²) < 4.78 is 5.87. The quantitative estimate of drug-likeness (QED) is 0.800. The van der Waals surface area contributed by atoms with Crippen LogP contribution in [0.25, 0.3) is 11.3 Å². The van der Waals surface area contributed by atoms with Gasteiger partial charge in [0.2, 0.25) is 0 Å². The zero-order valence-electron chi connectivity index (χ0n) is 13.3. The van der Waals surface area contributed by atoms with Crippen molar-refractivity contribution in [2.24, 2.45) is 0 Å². The molecular formula is C19H23NO3. The lowest BCUT2D eigenvalue weighted by atomic mass is 10.1. The molecule has 2 aromatic rings. The van der Waals surface area contributed by atoms with Crippen molar-refractivity contribution in [1.82, 2.24) is 5.32 Å². The Hall–Kier alpha value is -2.07. The molecule has 0 radical (unpaired) electrons. The van der Waals surface area contributed by atoms with E-state index in [2.05, 4.69) is 5.32 Å². The lowest BCUT2D eigenvalue weighted by molar-refractivity contribution is 0.0697. The third-order valence-corrected chi connectivity index (χ3v) is 4.48. The summed E-state index contributed by atoms with van der Waals surface area (Å²) in [6.07, 6.45) is 7.81. The van der Waals surface area contributed by atoms with E-state index >= 15 is 0 Å². The monoisotopic (exact) mass is 313 g/mol. The van der Waals surface area contributed by atoms with Crippen LogP contribution in [0.2, 0.25) is 0 Å². The van der Waals surface area contributed by atoms with Crippen molar-refractivity contribution < 1.29 is 14.3 Å². The number of carbonyl (C=O) groups is 1. The van der Waals surface area contributed by atoms with E-state index in [1.54, 1.807) is 18.2 Å². The van der Waals surface area contributed by atoms with Crippen LogP contribution in [0.3, 0.4) is 0 Å². The summed E-state index contributed by atoms with van der Waals surface area (Å²) in [5.41, 5.74) is 1.07. The molecule has 1 aromatic heterocycles. The summed E-state index contributed by atoms with van der Waals surface area (Å²) >= 11 is 0. The first-order valence-electron chi connectivity index (χ1n) is 8.38. The van der Waals surface area contributed by atoms with E-state index in [1.807, 2.05) is 18.2 Å². The van der Waals surface area contributed by atoms with Crippen molar-refractivity contribution in [2.45, 2.75) is 51.1 Å². The molecule has 3 rings (SSSR count). The first kappa shape index (κ1) is 15.8. The van der Waals surface area contributed by atoms with Crippen LogP contribution in [0.1, 0.15) is 54.6 Å². The molecule has 1 aromatic carbocycles. The number of hydrogen-bond acceptors (Lipinski definition) is 3. The van der Waals surface area contributed by atoms with Crippen LogP contribution < -0.4 is 5.32 Å². The highest BCUT2D eigenvalue weighted by atomic mass is 16.4. The van der Waals surface area contributed by atoms with Gasteiger partial charge in [-0.25, -0.2) is 4.79 Å². The molecule has 0 saturated heterocycles. The van der Waals surface area contributed by atoms with Gasteiger partial charge in [0.05, 0.1) is 12.1 Å². The highest BCUT2D eigenvalue weighted by molar-refractivity contribution is 5.89. The van der Waals surface area contributed by atoms with Gasteiger partial charge in [0.25, 0.3) is 0 Å². The fourth-order valence-corrected chi connectivity index (χ4v) is 3.16. The number of carboxylic acids is 1. The summed E-state index contributed by atoms with van der Waals surface area (Å²) in [5.74, 6) is 0.685. The molecule has 1 heterocycles. The second kappa shape index (κ2) is 7.47. The maximum atomic E-state index is 11.1. The summed E-state index contributed by atoms with van der Waals surface area (Å²) in [6.45, 7) is 0.725. The molecule has 2 N–H and O–H groups in total. The number of nitrogens with one attached hydrogen (secondary N) is 1. The Balaban J connectivity index is 1.63. The zero-order valence-corrected chi connectivity index (χ0v) is 13.3. The normalized spacial score (nSPS) is 16.2. The average molecular weight is 313 g/mol. The van der Waals surface area contributed by atoms with Crippen molar-refractivity contribution in [2.75, 3.05) is 0 Å². The average Bonchev–Trinajstić information content (AvgIpc) is 2.89. The molecule has 23 heavy (non-hydrogen) atoms. The van der Waals surface area contributed by atoms with Crippen LogP contribution in [-0.2, 0) is 6.54 Å². The first-order valence-corrected chi connectivity index (χ1v) is 8.38. The van der Waals surface area contributed by atoms with Gasteiger partial charge in [-0.3, -0.25) is 0 Å². The minimum absolute atomic E-state index is 0.275. The summed E-state index contributed by atoms with van der Waals surface area (Å²) in [5, 5.41) is 12.7. The molecule has 0 atom stereocenters. The molecule has 122 valence electrons. The van der Waals surface area contributed by atoms with Crippen molar-refractivity contribution in [3.05, 3.63) is 47.7 Å². The Kier molecular flexibility index (Phi) is 5.13. The van der Waals surface area contributed by atoms with E-state index in [0.29, 0.717) is 11.8 Å². The second-order valence-electron chi connectivity index (χ2n) is 6.22. The standard InChI is InChI=1S/C19H23NO3/c21-19(22)15-7-5-6-14(12-15)18-11-10-17(23-18)13-20-16-8-3-1-2-4-9-16/h5-7,10-12,16,20H,1-4,8-9,13H2,(H,21,22). The molecule has 0 bridgehead atoms. The van der Waals surface area contributed by atoms with Crippen LogP contribution in [0.15, 0.2) is 40.8 Å². The smallest absolute Gasteiger partial charge is 0.335 e. The molecule has 1 fully saturated rings. The fraction of sp³-hybridized carbons (Fsp3) is 0.421. The predicted octanol–water partition coefficient (Wildman–Crippen LogP) is 4.46. The maximum absolute atomic E-state index is 11.1. The van der Waals surface area contributed by atoms with E-state index in [9.17, 15) is 4.79 Å². The van der Waals surface area contributed by atoms with Crippen molar-refractivity contribution in [3.8, 4) is 11.3 Å². The molecule has 4 heteroatoms. The summed E-state index contributed by atoms with van der Waals surface area (Å²) in [7, 11) is 0. The largest absolute Gasteiger partial charge is 0.478 e. The Morgan fingerprint density at radius 1 is 1.13 bits per heavy atom. The minimum atomic E-state index is -0.923.